The molecule has 5 nitrogen and oxygen atoms in total. The van der Waals surface area contributed by atoms with Crippen molar-refractivity contribution in [2.24, 2.45) is 5.14 Å². The SMILES string of the molecule is NS(=O)(=O)c1ccccc1OCC1CCCN1. The summed E-state index contributed by atoms with van der Waals surface area (Å²) in [6, 6.07) is 6.72. The van der Waals surface area contributed by atoms with Gasteiger partial charge in [-0.3, -0.25) is 0 Å². The number of ether oxygens (including phenoxy) is 1. The predicted molar refractivity (Wildman–Crippen MR) is 64.3 cm³/mol. The summed E-state index contributed by atoms with van der Waals surface area (Å²) in [6.45, 7) is 1.46. The van der Waals surface area contributed by atoms with Gasteiger partial charge in [-0.2, -0.15) is 0 Å². The maximum atomic E-state index is 11.3. The minimum absolute atomic E-state index is 0.0398. The molecule has 2 rings (SSSR count). The van der Waals surface area contributed by atoms with Crippen molar-refractivity contribution in [1.29, 1.82) is 0 Å². The van der Waals surface area contributed by atoms with Crippen LogP contribution in [0.2, 0.25) is 0 Å². The van der Waals surface area contributed by atoms with Crippen LogP contribution in [0.15, 0.2) is 29.2 Å². The van der Waals surface area contributed by atoms with Gasteiger partial charge in [0.25, 0.3) is 0 Å². The summed E-state index contributed by atoms with van der Waals surface area (Å²) in [4.78, 5) is 0.0398. The third-order valence-corrected chi connectivity index (χ3v) is 3.71. The number of rotatable bonds is 4. The van der Waals surface area contributed by atoms with Gasteiger partial charge < -0.3 is 10.1 Å². The van der Waals surface area contributed by atoms with E-state index in [1.165, 1.54) is 6.07 Å². The largest absolute Gasteiger partial charge is 0.491 e. The molecule has 1 fully saturated rings. The molecule has 3 N–H and O–H groups in total. The van der Waals surface area contributed by atoms with E-state index in [-0.39, 0.29) is 4.90 Å². The third kappa shape index (κ3) is 3.18. The van der Waals surface area contributed by atoms with Gasteiger partial charge in [-0.05, 0) is 31.5 Å². The molecule has 1 aromatic carbocycles. The molecule has 6 heteroatoms. The van der Waals surface area contributed by atoms with Crippen molar-refractivity contribution in [3.05, 3.63) is 24.3 Å². The Balaban J connectivity index is 2.09. The van der Waals surface area contributed by atoms with Crippen molar-refractivity contribution >= 4 is 10.0 Å². The number of primary sulfonamides is 1. The molecule has 0 saturated carbocycles. The van der Waals surface area contributed by atoms with Gasteiger partial charge in [-0.1, -0.05) is 12.1 Å². The first kappa shape index (κ1) is 12.3. The molecule has 1 atom stereocenters. The van der Waals surface area contributed by atoms with Gasteiger partial charge in [0.2, 0.25) is 10.0 Å². The highest BCUT2D eigenvalue weighted by Gasteiger charge is 2.18. The predicted octanol–water partition coefficient (Wildman–Crippen LogP) is 0.465. The van der Waals surface area contributed by atoms with Crippen molar-refractivity contribution in [1.82, 2.24) is 5.32 Å². The lowest BCUT2D eigenvalue weighted by Crippen LogP contribution is -2.28. The summed E-state index contributed by atoms with van der Waals surface area (Å²) >= 11 is 0. The van der Waals surface area contributed by atoms with Crippen LogP contribution in [0.4, 0.5) is 0 Å². The Labute approximate surface area is 101 Å². The van der Waals surface area contributed by atoms with E-state index in [1.54, 1.807) is 18.2 Å². The van der Waals surface area contributed by atoms with E-state index in [0.29, 0.717) is 18.4 Å². The van der Waals surface area contributed by atoms with Crippen LogP contribution in [-0.2, 0) is 10.0 Å². The molecule has 94 valence electrons. The minimum atomic E-state index is -3.72. The standard InChI is InChI=1S/C11H16N2O3S/c12-17(14,15)11-6-2-1-5-10(11)16-8-9-4-3-7-13-9/h1-2,5-6,9,13H,3-4,7-8H2,(H2,12,14,15). The quantitative estimate of drug-likeness (QED) is 0.820. The number of para-hydroxylation sites is 1. The van der Waals surface area contributed by atoms with Crippen LogP contribution in [0.1, 0.15) is 12.8 Å². The van der Waals surface area contributed by atoms with E-state index < -0.39 is 10.0 Å². The van der Waals surface area contributed by atoms with Gasteiger partial charge in [-0.15, -0.1) is 0 Å². The van der Waals surface area contributed by atoms with Crippen LogP contribution in [0.3, 0.4) is 0 Å². The maximum Gasteiger partial charge on any atom is 0.241 e. The first-order valence-corrected chi connectivity index (χ1v) is 7.10. The lowest BCUT2D eigenvalue weighted by molar-refractivity contribution is 0.271. The van der Waals surface area contributed by atoms with Gasteiger partial charge in [0.1, 0.15) is 17.3 Å². The molecule has 0 aromatic heterocycles. The summed E-state index contributed by atoms with van der Waals surface area (Å²) < 4.78 is 28.2. The number of hydrogen-bond acceptors (Lipinski definition) is 4. The first-order valence-electron chi connectivity index (χ1n) is 5.55. The Hall–Kier alpha value is -1.11. The van der Waals surface area contributed by atoms with Gasteiger partial charge in [0, 0.05) is 6.04 Å². The molecule has 0 radical (unpaired) electrons. The zero-order valence-electron chi connectivity index (χ0n) is 9.43. The summed E-state index contributed by atoms with van der Waals surface area (Å²) in [7, 11) is -3.72. The van der Waals surface area contributed by atoms with Crippen molar-refractivity contribution in [3.8, 4) is 5.75 Å². The zero-order valence-corrected chi connectivity index (χ0v) is 10.2. The molecule has 1 aromatic rings. The van der Waals surface area contributed by atoms with Gasteiger partial charge in [-0.25, -0.2) is 13.6 Å². The normalized spacial score (nSPS) is 20.4. The highest BCUT2D eigenvalue weighted by Crippen LogP contribution is 2.22. The molecule has 0 spiro atoms. The lowest BCUT2D eigenvalue weighted by atomic mass is 10.2. The van der Waals surface area contributed by atoms with Crippen LogP contribution in [0.25, 0.3) is 0 Å². The molecule has 1 heterocycles. The second kappa shape index (κ2) is 5.03. The topological polar surface area (TPSA) is 81.4 Å². The molecule has 1 aliphatic heterocycles. The average molecular weight is 256 g/mol. The van der Waals surface area contributed by atoms with E-state index in [2.05, 4.69) is 5.32 Å². The van der Waals surface area contributed by atoms with E-state index in [4.69, 9.17) is 9.88 Å². The number of nitrogens with one attached hydrogen (secondary N) is 1. The van der Waals surface area contributed by atoms with Gasteiger partial charge in [0.05, 0.1) is 0 Å². The smallest absolute Gasteiger partial charge is 0.241 e. The molecule has 17 heavy (non-hydrogen) atoms. The molecule has 1 aliphatic rings. The van der Waals surface area contributed by atoms with E-state index >= 15 is 0 Å². The number of benzene rings is 1. The number of hydrogen-bond donors (Lipinski definition) is 2. The summed E-state index contributed by atoms with van der Waals surface area (Å²) in [5.41, 5.74) is 0. The molecule has 0 bridgehead atoms. The van der Waals surface area contributed by atoms with Crippen LogP contribution in [0.5, 0.6) is 5.75 Å². The Bertz CT molecular complexity index is 481. The Morgan fingerprint density at radius 3 is 2.82 bits per heavy atom. The van der Waals surface area contributed by atoms with Crippen molar-refractivity contribution in [3.63, 3.8) is 0 Å². The fourth-order valence-corrected chi connectivity index (χ4v) is 2.57. The molecule has 0 amide bonds. The molecular weight excluding hydrogens is 240 g/mol. The molecule has 0 aliphatic carbocycles. The maximum absolute atomic E-state index is 11.3. The summed E-state index contributed by atoms with van der Waals surface area (Å²) in [5, 5.41) is 8.40. The lowest BCUT2D eigenvalue weighted by Gasteiger charge is -2.14. The Morgan fingerprint density at radius 1 is 1.41 bits per heavy atom. The average Bonchev–Trinajstić information content (AvgIpc) is 2.78. The third-order valence-electron chi connectivity index (χ3n) is 2.76. The van der Waals surface area contributed by atoms with E-state index in [1.807, 2.05) is 0 Å². The highest BCUT2D eigenvalue weighted by atomic mass is 32.2. The monoisotopic (exact) mass is 256 g/mol. The first-order chi connectivity index (χ1) is 8.07. The van der Waals surface area contributed by atoms with E-state index in [9.17, 15) is 8.42 Å². The van der Waals surface area contributed by atoms with E-state index in [0.717, 1.165) is 19.4 Å². The van der Waals surface area contributed by atoms with Crippen LogP contribution >= 0.6 is 0 Å². The van der Waals surface area contributed by atoms with Crippen LogP contribution < -0.4 is 15.2 Å². The Kier molecular flexibility index (Phi) is 3.66. The molecule has 1 saturated heterocycles. The molecule has 1 unspecified atom stereocenters. The van der Waals surface area contributed by atoms with Crippen molar-refractivity contribution in [2.75, 3.05) is 13.2 Å². The van der Waals surface area contributed by atoms with Crippen LogP contribution in [-0.4, -0.2) is 27.6 Å². The number of nitrogens with two attached hydrogens (primary N) is 1. The second-order valence-corrected chi connectivity index (χ2v) is 5.63. The van der Waals surface area contributed by atoms with Gasteiger partial charge >= 0.3 is 0 Å². The van der Waals surface area contributed by atoms with Crippen molar-refractivity contribution in [2.45, 2.75) is 23.8 Å². The zero-order chi connectivity index (χ0) is 12.3. The second-order valence-electron chi connectivity index (χ2n) is 4.10. The number of sulfonamides is 1. The van der Waals surface area contributed by atoms with Crippen molar-refractivity contribution < 1.29 is 13.2 Å². The molecular formula is C11H16N2O3S. The van der Waals surface area contributed by atoms with Gasteiger partial charge in [0.15, 0.2) is 0 Å². The highest BCUT2D eigenvalue weighted by molar-refractivity contribution is 7.89. The fourth-order valence-electron chi connectivity index (χ4n) is 1.89. The Morgan fingerprint density at radius 2 is 2.18 bits per heavy atom. The fraction of sp³-hybridized carbons (Fsp3) is 0.455. The minimum Gasteiger partial charge on any atom is -0.491 e. The van der Waals surface area contributed by atoms with Crippen LogP contribution in [0, 0.1) is 0 Å². The summed E-state index contributed by atoms with van der Waals surface area (Å²) in [5.74, 6) is 0.323. The summed E-state index contributed by atoms with van der Waals surface area (Å²) in [6.07, 6.45) is 2.18.